The molecule has 1 aromatic carbocycles. The second-order valence-corrected chi connectivity index (χ2v) is 10.1. The lowest BCUT2D eigenvalue weighted by Gasteiger charge is -2.38. The number of amides is 1. The minimum atomic E-state index is -0.575. The molecule has 5 heteroatoms. The number of β-lactam (4-membered cyclic amide) rings is 1. The van der Waals surface area contributed by atoms with Gasteiger partial charge in [-0.25, -0.2) is 4.79 Å². The molecule has 0 radical (unpaired) electrons. The highest BCUT2D eigenvalue weighted by atomic mass is 32.2. The number of hydrogen-bond donors (Lipinski definition) is 0. The molecule has 138 valence electrons. The van der Waals surface area contributed by atoms with Gasteiger partial charge in [0.15, 0.2) is 0 Å². The lowest BCUT2D eigenvalue weighted by molar-refractivity contribution is -0.158. The predicted molar refractivity (Wildman–Crippen MR) is 103 cm³/mol. The molecule has 0 spiro atoms. The number of thioether (sulfide) groups is 1. The molecule has 1 amide bonds. The van der Waals surface area contributed by atoms with Crippen molar-refractivity contribution in [3.63, 3.8) is 0 Å². The van der Waals surface area contributed by atoms with E-state index in [4.69, 9.17) is 4.74 Å². The van der Waals surface area contributed by atoms with Crippen molar-refractivity contribution in [2.75, 3.05) is 0 Å². The van der Waals surface area contributed by atoms with Crippen molar-refractivity contribution < 1.29 is 14.3 Å². The predicted octanol–water partition coefficient (Wildman–Crippen LogP) is 3.92. The van der Waals surface area contributed by atoms with Crippen LogP contribution in [-0.2, 0) is 20.9 Å². The Bertz CT molecular complexity index is 785. The molecular weight excluding hydrogens is 346 g/mol. The van der Waals surface area contributed by atoms with Crippen molar-refractivity contribution in [2.45, 2.75) is 57.4 Å². The molecule has 1 aromatic rings. The van der Waals surface area contributed by atoms with Crippen molar-refractivity contribution in [3.05, 3.63) is 53.3 Å². The van der Waals surface area contributed by atoms with Gasteiger partial charge in [0.25, 0.3) is 5.91 Å². The Kier molecular flexibility index (Phi) is 4.80. The van der Waals surface area contributed by atoms with Gasteiger partial charge in [0.05, 0.1) is 5.57 Å². The molecule has 0 saturated carbocycles. The zero-order chi connectivity index (χ0) is 19.1. The monoisotopic (exact) mass is 371 g/mol. The second kappa shape index (κ2) is 6.64. The highest BCUT2D eigenvalue weighted by Gasteiger charge is 2.62. The van der Waals surface area contributed by atoms with E-state index in [1.54, 1.807) is 16.7 Å². The zero-order valence-corrected chi connectivity index (χ0v) is 16.7. The Balaban J connectivity index is 1.76. The maximum absolute atomic E-state index is 12.7. The van der Waals surface area contributed by atoms with E-state index >= 15 is 0 Å². The quantitative estimate of drug-likeness (QED) is 0.350. The first-order chi connectivity index (χ1) is 12.1. The number of ether oxygens (including phenoxy) is 1. The number of esters is 1. The Morgan fingerprint density at radius 2 is 1.96 bits per heavy atom. The molecule has 0 aromatic heterocycles. The normalized spacial score (nSPS) is 23.8. The Morgan fingerprint density at radius 3 is 2.58 bits per heavy atom. The van der Waals surface area contributed by atoms with Crippen LogP contribution in [0.15, 0.2) is 47.7 Å². The van der Waals surface area contributed by atoms with Gasteiger partial charge in [-0.2, -0.15) is 0 Å². The fourth-order valence-corrected chi connectivity index (χ4v) is 4.64. The molecule has 0 N–H and O–H groups in total. The smallest absolute Gasteiger partial charge is 0.330 e. The zero-order valence-electron chi connectivity index (χ0n) is 15.9. The lowest BCUT2D eigenvalue weighted by atomic mass is 9.93. The number of rotatable bonds is 3. The summed E-state index contributed by atoms with van der Waals surface area (Å²) in [5, 5.41) is -0.120. The van der Waals surface area contributed by atoms with Crippen LogP contribution in [0.2, 0.25) is 0 Å². The van der Waals surface area contributed by atoms with E-state index in [9.17, 15) is 9.59 Å². The molecule has 0 bridgehead atoms. The van der Waals surface area contributed by atoms with Crippen LogP contribution in [0.4, 0.5) is 0 Å². The minimum Gasteiger partial charge on any atom is -0.459 e. The van der Waals surface area contributed by atoms with Gasteiger partial charge in [-0.3, -0.25) is 4.79 Å². The van der Waals surface area contributed by atoms with Gasteiger partial charge in [-0.15, -0.1) is 17.5 Å². The number of benzene rings is 1. The van der Waals surface area contributed by atoms with Gasteiger partial charge >= 0.3 is 5.97 Å². The van der Waals surface area contributed by atoms with E-state index in [2.05, 4.69) is 26.5 Å². The van der Waals surface area contributed by atoms with E-state index in [0.717, 1.165) is 5.56 Å². The van der Waals surface area contributed by atoms with Crippen LogP contribution < -0.4 is 0 Å². The third kappa shape index (κ3) is 3.60. The molecule has 0 aliphatic carbocycles. The van der Waals surface area contributed by atoms with Crippen LogP contribution >= 0.6 is 11.8 Å². The minimum absolute atomic E-state index is 0.0412. The fraction of sp³-hybridized carbons (Fsp3) is 0.476. The average molecular weight is 372 g/mol. The van der Waals surface area contributed by atoms with Gasteiger partial charge in [0, 0.05) is 4.75 Å². The maximum Gasteiger partial charge on any atom is 0.330 e. The summed E-state index contributed by atoms with van der Waals surface area (Å²) in [6.07, 6.45) is 1.92. The first kappa shape index (κ1) is 18.8. The topological polar surface area (TPSA) is 46.6 Å². The molecule has 3 rings (SSSR count). The summed E-state index contributed by atoms with van der Waals surface area (Å²) in [5.41, 5.74) is 4.71. The molecule has 2 saturated heterocycles. The van der Waals surface area contributed by atoms with Crippen molar-refractivity contribution in [1.82, 2.24) is 4.90 Å². The summed E-state index contributed by atoms with van der Waals surface area (Å²) < 4.78 is 5.11. The highest BCUT2D eigenvalue weighted by molar-refractivity contribution is 8.01. The third-order valence-corrected chi connectivity index (χ3v) is 5.94. The van der Waals surface area contributed by atoms with E-state index < -0.39 is 10.8 Å². The van der Waals surface area contributed by atoms with Crippen LogP contribution in [0.25, 0.3) is 0 Å². The van der Waals surface area contributed by atoms with Gasteiger partial charge < -0.3 is 9.64 Å². The number of carbonyl (C=O) groups excluding carboxylic acids is 2. The van der Waals surface area contributed by atoms with Crippen molar-refractivity contribution in [1.29, 1.82) is 0 Å². The standard InChI is InChI=1S/C21H25NO3S/c1-20(2,3)12-11-15-17(23)22-16(21(4,5)26-18(15)22)19(24)25-13-14-9-7-6-8-10-14/h6-10,12,16,18H,13H2,1-5H3/t11?,16-,18+/m0/s1. The van der Waals surface area contributed by atoms with Gasteiger partial charge in [0.2, 0.25) is 0 Å². The first-order valence-corrected chi connectivity index (χ1v) is 9.67. The summed E-state index contributed by atoms with van der Waals surface area (Å²) in [5.74, 6) is -0.462. The SMILES string of the molecule is CC(C)(C)C=C=C1C(=O)N2[C@@H]1SC(C)(C)[C@@H]2C(=O)OCc1ccccc1. The summed E-state index contributed by atoms with van der Waals surface area (Å²) >= 11 is 1.62. The van der Waals surface area contributed by atoms with E-state index in [1.807, 2.05) is 50.3 Å². The molecule has 2 atom stereocenters. The first-order valence-electron chi connectivity index (χ1n) is 8.79. The third-order valence-electron chi connectivity index (χ3n) is 4.42. The van der Waals surface area contributed by atoms with Crippen LogP contribution in [0.3, 0.4) is 0 Å². The van der Waals surface area contributed by atoms with E-state index in [1.165, 1.54) is 0 Å². The Labute approximate surface area is 159 Å². The number of carbonyl (C=O) groups is 2. The van der Waals surface area contributed by atoms with Gasteiger partial charge in [-0.1, -0.05) is 51.1 Å². The van der Waals surface area contributed by atoms with Gasteiger partial charge in [0.1, 0.15) is 18.0 Å². The van der Waals surface area contributed by atoms with Crippen LogP contribution in [-0.4, -0.2) is 32.9 Å². The molecular formula is C21H25NO3S. The summed E-state index contributed by atoms with van der Waals surface area (Å²) in [6.45, 7) is 10.4. The molecule has 0 unspecified atom stereocenters. The van der Waals surface area contributed by atoms with E-state index in [0.29, 0.717) is 5.57 Å². The van der Waals surface area contributed by atoms with Crippen LogP contribution in [0.5, 0.6) is 0 Å². The van der Waals surface area contributed by atoms with Gasteiger partial charge in [-0.05, 0) is 30.9 Å². The Hall–Kier alpha value is -1.97. The summed E-state index contributed by atoms with van der Waals surface area (Å²) in [7, 11) is 0. The van der Waals surface area contributed by atoms with Crippen molar-refractivity contribution >= 4 is 23.6 Å². The molecule has 2 heterocycles. The van der Waals surface area contributed by atoms with Crippen molar-refractivity contribution in [2.24, 2.45) is 5.41 Å². The molecule has 26 heavy (non-hydrogen) atoms. The second-order valence-electron chi connectivity index (χ2n) is 8.35. The largest absolute Gasteiger partial charge is 0.459 e. The molecule has 4 nitrogen and oxygen atoms in total. The maximum atomic E-state index is 12.7. The molecule has 2 aliphatic heterocycles. The average Bonchev–Trinajstić information content (AvgIpc) is 2.80. The van der Waals surface area contributed by atoms with Crippen molar-refractivity contribution in [3.8, 4) is 0 Å². The lowest BCUT2D eigenvalue weighted by Crippen LogP contribution is -2.58. The number of nitrogens with zero attached hydrogens (tertiary/aromatic N) is 1. The number of fused-ring (bicyclic) bond motifs is 1. The summed E-state index contributed by atoms with van der Waals surface area (Å²) in [6, 6.07) is 8.99. The highest BCUT2D eigenvalue weighted by Crippen LogP contribution is 2.53. The van der Waals surface area contributed by atoms with E-state index in [-0.39, 0.29) is 29.3 Å². The van der Waals surface area contributed by atoms with Crippen LogP contribution in [0.1, 0.15) is 40.2 Å². The number of hydrogen-bond acceptors (Lipinski definition) is 4. The molecule has 2 fully saturated rings. The molecule has 2 aliphatic rings. The van der Waals surface area contributed by atoms with Crippen LogP contribution in [0, 0.1) is 5.41 Å². The Morgan fingerprint density at radius 1 is 1.31 bits per heavy atom. The fourth-order valence-electron chi connectivity index (χ4n) is 3.11. The summed E-state index contributed by atoms with van der Waals surface area (Å²) in [4.78, 5) is 27.0.